The Bertz CT molecular complexity index is 1110. The van der Waals surface area contributed by atoms with Gasteiger partial charge in [0.05, 0.1) is 12.4 Å². The van der Waals surface area contributed by atoms with Crippen LogP contribution in [0.4, 0.5) is 5.69 Å². The van der Waals surface area contributed by atoms with Crippen molar-refractivity contribution in [1.82, 2.24) is 19.1 Å². The van der Waals surface area contributed by atoms with Crippen LogP contribution in [-0.4, -0.2) is 37.4 Å². The molecule has 3 rings (SSSR count). The quantitative estimate of drug-likeness (QED) is 0.611. The zero-order valence-corrected chi connectivity index (χ0v) is 15.9. The number of rotatable bonds is 6. The first kappa shape index (κ1) is 18.8. The number of fused-ring (bicyclic) bond motifs is 1. The Labute approximate surface area is 158 Å². The molecule has 0 fully saturated rings. The number of carbonyl (C=O) groups is 1. The van der Waals surface area contributed by atoms with Gasteiger partial charge in [-0.3, -0.25) is 18.7 Å². The number of imidazole rings is 1. The third kappa shape index (κ3) is 3.90. The number of anilines is 1. The molecule has 1 amide bonds. The van der Waals surface area contributed by atoms with E-state index in [0.717, 1.165) is 16.3 Å². The summed E-state index contributed by atoms with van der Waals surface area (Å²) in [7, 11) is 2.94. The third-order valence-corrected chi connectivity index (χ3v) is 4.72. The van der Waals surface area contributed by atoms with Gasteiger partial charge in [0.2, 0.25) is 5.91 Å². The number of amides is 1. The first-order valence-corrected chi connectivity index (χ1v) is 9.20. The molecule has 0 atom stereocenters. The monoisotopic (exact) mass is 389 g/mol. The van der Waals surface area contributed by atoms with E-state index in [1.165, 1.54) is 18.7 Å². The van der Waals surface area contributed by atoms with Crippen molar-refractivity contribution in [3.8, 4) is 5.75 Å². The van der Waals surface area contributed by atoms with E-state index in [1.807, 2.05) is 13.0 Å². The fourth-order valence-corrected chi connectivity index (χ4v) is 3.20. The van der Waals surface area contributed by atoms with Gasteiger partial charge < -0.3 is 15.0 Å². The van der Waals surface area contributed by atoms with Gasteiger partial charge in [-0.15, -0.1) is 0 Å². The van der Waals surface area contributed by atoms with Crippen LogP contribution in [0.2, 0.25) is 0 Å². The van der Waals surface area contributed by atoms with Crippen molar-refractivity contribution < 1.29 is 9.53 Å². The molecule has 142 valence electrons. The second-order valence-electron chi connectivity index (χ2n) is 5.74. The fourth-order valence-electron chi connectivity index (χ4n) is 2.53. The summed E-state index contributed by atoms with van der Waals surface area (Å²) in [5.74, 6) is 0.542. The molecule has 27 heavy (non-hydrogen) atoms. The molecule has 0 spiro atoms. The highest BCUT2D eigenvalue weighted by atomic mass is 32.2. The van der Waals surface area contributed by atoms with Gasteiger partial charge in [-0.2, -0.15) is 0 Å². The first-order chi connectivity index (χ1) is 12.9. The Morgan fingerprint density at radius 2 is 2.07 bits per heavy atom. The lowest BCUT2D eigenvalue weighted by molar-refractivity contribution is -0.113. The Kier molecular flexibility index (Phi) is 5.36. The Balaban J connectivity index is 1.71. The van der Waals surface area contributed by atoms with Gasteiger partial charge in [0.15, 0.2) is 16.3 Å². The van der Waals surface area contributed by atoms with Crippen LogP contribution in [0.15, 0.2) is 39.0 Å². The summed E-state index contributed by atoms with van der Waals surface area (Å²) >= 11 is 1.14. The van der Waals surface area contributed by atoms with Crippen molar-refractivity contribution in [1.29, 1.82) is 0 Å². The number of nitrogens with one attached hydrogen (secondary N) is 2. The van der Waals surface area contributed by atoms with E-state index in [4.69, 9.17) is 4.74 Å². The molecule has 2 N–H and O–H groups in total. The van der Waals surface area contributed by atoms with E-state index in [0.29, 0.717) is 23.2 Å². The number of hydrogen-bond acceptors (Lipinski definition) is 6. The minimum absolute atomic E-state index is 0.0902. The smallest absolute Gasteiger partial charge is 0.332 e. The van der Waals surface area contributed by atoms with Crippen LogP contribution >= 0.6 is 11.8 Å². The average Bonchev–Trinajstić information content (AvgIpc) is 3.08. The maximum atomic E-state index is 12.2. The number of H-pyrrole nitrogens is 1. The lowest BCUT2D eigenvalue weighted by atomic mass is 10.3. The highest BCUT2D eigenvalue weighted by Crippen LogP contribution is 2.19. The van der Waals surface area contributed by atoms with Crippen molar-refractivity contribution in [2.75, 3.05) is 17.7 Å². The predicted octanol–water partition coefficient (Wildman–Crippen LogP) is 1.09. The molecule has 0 radical (unpaired) electrons. The summed E-state index contributed by atoms with van der Waals surface area (Å²) in [6.45, 7) is 2.43. The van der Waals surface area contributed by atoms with Gasteiger partial charge in [0.1, 0.15) is 5.75 Å². The van der Waals surface area contributed by atoms with Crippen LogP contribution in [0.5, 0.6) is 5.75 Å². The molecule has 2 heterocycles. The molecule has 0 saturated heterocycles. The second kappa shape index (κ2) is 7.70. The number of hydrogen-bond donors (Lipinski definition) is 2. The number of carbonyl (C=O) groups excluding carboxylic acids is 1. The van der Waals surface area contributed by atoms with Crippen molar-refractivity contribution in [3.05, 3.63) is 45.1 Å². The van der Waals surface area contributed by atoms with Gasteiger partial charge >= 0.3 is 5.69 Å². The summed E-state index contributed by atoms with van der Waals surface area (Å²) in [6, 6.07) is 7.12. The average molecular weight is 389 g/mol. The lowest BCUT2D eigenvalue weighted by Gasteiger charge is -2.07. The van der Waals surface area contributed by atoms with Gasteiger partial charge in [-0.05, 0) is 19.1 Å². The van der Waals surface area contributed by atoms with E-state index in [-0.39, 0.29) is 22.8 Å². The summed E-state index contributed by atoms with van der Waals surface area (Å²) in [4.78, 5) is 43.4. The molecule has 0 aliphatic heterocycles. The van der Waals surface area contributed by atoms with Gasteiger partial charge in [-0.25, -0.2) is 9.78 Å². The van der Waals surface area contributed by atoms with Crippen molar-refractivity contribution in [3.63, 3.8) is 0 Å². The third-order valence-electron chi connectivity index (χ3n) is 3.84. The highest BCUT2D eigenvalue weighted by Gasteiger charge is 2.14. The number of ether oxygens (including phenoxy) is 1. The summed E-state index contributed by atoms with van der Waals surface area (Å²) < 4.78 is 7.70. The molecule has 0 aliphatic rings. The molecule has 3 aromatic rings. The molecule has 0 aliphatic carbocycles. The van der Waals surface area contributed by atoms with Crippen molar-refractivity contribution in [2.45, 2.75) is 12.1 Å². The predicted molar refractivity (Wildman–Crippen MR) is 104 cm³/mol. The van der Waals surface area contributed by atoms with Gasteiger partial charge in [0, 0.05) is 25.8 Å². The van der Waals surface area contributed by atoms with Crippen LogP contribution in [-0.2, 0) is 18.9 Å². The minimum Gasteiger partial charge on any atom is -0.494 e. The largest absolute Gasteiger partial charge is 0.494 e. The summed E-state index contributed by atoms with van der Waals surface area (Å²) in [5.41, 5.74) is 0.210. The van der Waals surface area contributed by atoms with Crippen LogP contribution in [0.3, 0.4) is 0 Å². The molecule has 10 heteroatoms. The SMILES string of the molecule is CCOc1cccc(NC(=O)CSc2nc3c([nH]2)c(=O)n(C)c(=O)n3C)c1. The Hall–Kier alpha value is -3.01. The van der Waals surface area contributed by atoms with Crippen molar-refractivity contribution >= 4 is 34.5 Å². The van der Waals surface area contributed by atoms with E-state index in [9.17, 15) is 14.4 Å². The topological polar surface area (TPSA) is 111 Å². The summed E-state index contributed by atoms with van der Waals surface area (Å²) in [6.07, 6.45) is 0. The van der Waals surface area contributed by atoms with E-state index in [2.05, 4.69) is 15.3 Å². The molecule has 0 bridgehead atoms. The summed E-state index contributed by atoms with van der Waals surface area (Å²) in [5, 5.41) is 3.17. The maximum absolute atomic E-state index is 12.2. The molecule has 0 unspecified atom stereocenters. The normalized spacial score (nSPS) is 10.9. The second-order valence-corrected chi connectivity index (χ2v) is 6.71. The molecule has 9 nitrogen and oxygen atoms in total. The van der Waals surface area contributed by atoms with Crippen LogP contribution in [0.25, 0.3) is 11.2 Å². The number of thioether (sulfide) groups is 1. The zero-order valence-electron chi connectivity index (χ0n) is 15.1. The lowest BCUT2D eigenvalue weighted by Crippen LogP contribution is -2.36. The Morgan fingerprint density at radius 1 is 1.30 bits per heavy atom. The van der Waals surface area contributed by atoms with E-state index in [1.54, 1.807) is 18.2 Å². The first-order valence-electron chi connectivity index (χ1n) is 8.22. The number of aromatic amines is 1. The van der Waals surface area contributed by atoms with E-state index < -0.39 is 11.2 Å². The van der Waals surface area contributed by atoms with Gasteiger partial charge in [0.25, 0.3) is 5.56 Å². The maximum Gasteiger partial charge on any atom is 0.332 e. The standard InChI is InChI=1S/C17H19N5O4S/c1-4-26-11-7-5-6-10(8-11)18-12(23)9-27-16-19-13-14(20-16)21(2)17(25)22(3)15(13)24/h5-8H,4,9H2,1-3H3,(H,18,23)(H,19,20). The Morgan fingerprint density at radius 3 is 2.81 bits per heavy atom. The minimum atomic E-state index is -0.456. The molecule has 1 aromatic carbocycles. The van der Waals surface area contributed by atoms with Crippen LogP contribution < -0.4 is 21.3 Å². The van der Waals surface area contributed by atoms with Crippen molar-refractivity contribution in [2.24, 2.45) is 14.1 Å². The van der Waals surface area contributed by atoms with Crippen LogP contribution in [0, 0.1) is 0 Å². The number of aromatic nitrogens is 4. The molecule has 0 saturated carbocycles. The number of aryl methyl sites for hydroxylation is 1. The fraction of sp³-hybridized carbons (Fsp3) is 0.294. The molecule has 2 aromatic heterocycles. The van der Waals surface area contributed by atoms with E-state index >= 15 is 0 Å². The zero-order chi connectivity index (χ0) is 19.6. The highest BCUT2D eigenvalue weighted by molar-refractivity contribution is 7.99. The number of nitrogens with zero attached hydrogens (tertiary/aromatic N) is 3. The number of benzene rings is 1. The van der Waals surface area contributed by atoms with Gasteiger partial charge in [-0.1, -0.05) is 17.8 Å². The molecular weight excluding hydrogens is 370 g/mol. The van der Waals surface area contributed by atoms with Crippen LogP contribution in [0.1, 0.15) is 6.92 Å². The molecular formula is C17H19N5O4S.